The molecule has 0 saturated heterocycles. The van der Waals surface area contributed by atoms with Crippen molar-refractivity contribution in [1.29, 1.82) is 0 Å². The molecule has 0 aliphatic rings. The molecule has 1 aromatic heterocycles. The minimum Gasteiger partial charge on any atom is -0.422 e. The van der Waals surface area contributed by atoms with Gasteiger partial charge in [-0.1, -0.05) is 60.1 Å². The van der Waals surface area contributed by atoms with Gasteiger partial charge in [-0.15, -0.1) is 11.3 Å². The van der Waals surface area contributed by atoms with Crippen LogP contribution in [0.3, 0.4) is 0 Å². The maximum atomic E-state index is 12.7. The van der Waals surface area contributed by atoms with Gasteiger partial charge in [0.1, 0.15) is 10.6 Å². The van der Waals surface area contributed by atoms with Crippen molar-refractivity contribution in [3.63, 3.8) is 0 Å². The molecule has 4 aromatic rings. The molecule has 0 radical (unpaired) electrons. The number of rotatable bonds is 6. The number of benzene rings is 3. The van der Waals surface area contributed by atoms with Gasteiger partial charge in [-0.25, -0.2) is 9.63 Å². The van der Waals surface area contributed by atoms with Crippen molar-refractivity contribution in [1.82, 2.24) is 4.83 Å². The summed E-state index contributed by atoms with van der Waals surface area (Å²) in [5.41, 5.74) is 0.420. The van der Waals surface area contributed by atoms with Gasteiger partial charge in [0.05, 0.1) is 16.1 Å². The van der Waals surface area contributed by atoms with Crippen LogP contribution in [0.5, 0.6) is 5.75 Å². The number of halogens is 1. The number of esters is 1. The zero-order chi connectivity index (χ0) is 21.8. The summed E-state index contributed by atoms with van der Waals surface area (Å²) in [5.74, 6) is -0.374. The predicted molar refractivity (Wildman–Crippen MR) is 123 cm³/mol. The Hall–Kier alpha value is -3.20. The second-order valence-electron chi connectivity index (χ2n) is 6.33. The molecule has 156 valence electrons. The molecule has 31 heavy (non-hydrogen) atoms. The number of thiophene rings is 1. The Balaban J connectivity index is 1.54. The average Bonchev–Trinajstić information content (AvgIpc) is 3.12. The first kappa shape index (κ1) is 21.0. The first-order valence-corrected chi connectivity index (χ1v) is 11.7. The van der Waals surface area contributed by atoms with Crippen LogP contribution in [0, 0.1) is 0 Å². The molecule has 1 N–H and O–H groups in total. The van der Waals surface area contributed by atoms with E-state index in [4.69, 9.17) is 16.3 Å². The highest BCUT2D eigenvalue weighted by atomic mass is 35.5. The van der Waals surface area contributed by atoms with Gasteiger partial charge < -0.3 is 4.74 Å². The van der Waals surface area contributed by atoms with Gasteiger partial charge in [-0.3, -0.25) is 0 Å². The van der Waals surface area contributed by atoms with Gasteiger partial charge in [-0.05, 0) is 30.3 Å². The quantitative estimate of drug-likeness (QED) is 0.184. The number of nitrogens with one attached hydrogen (secondary N) is 1. The summed E-state index contributed by atoms with van der Waals surface area (Å²) in [5, 5.41) is 4.93. The largest absolute Gasteiger partial charge is 0.422 e. The first-order valence-electron chi connectivity index (χ1n) is 9.04. The molecule has 0 amide bonds. The molecule has 0 spiro atoms. The topological polar surface area (TPSA) is 84.8 Å². The second-order valence-corrected chi connectivity index (χ2v) is 9.43. The molecule has 4 rings (SSSR count). The standard InChI is InChI=1S/C22H15ClN2O4S2/c23-20-17-11-5-7-13-19(17)30-21(20)22(26)29-18-12-6-4-8-15(18)14-24-25-31(27,28)16-9-2-1-3-10-16/h1-14,25H/b24-14-. The summed E-state index contributed by atoms with van der Waals surface area (Å²) >= 11 is 7.60. The maximum absolute atomic E-state index is 12.7. The highest BCUT2D eigenvalue weighted by Crippen LogP contribution is 2.36. The zero-order valence-electron chi connectivity index (χ0n) is 15.9. The predicted octanol–water partition coefficient (Wildman–Crippen LogP) is 5.09. The lowest BCUT2D eigenvalue weighted by Gasteiger charge is -2.07. The number of para-hydroxylation sites is 1. The third-order valence-corrected chi connectivity index (χ3v) is 7.17. The average molecular weight is 471 g/mol. The second kappa shape index (κ2) is 8.89. The minimum atomic E-state index is -3.80. The monoisotopic (exact) mass is 470 g/mol. The highest BCUT2D eigenvalue weighted by Gasteiger charge is 2.20. The number of carbonyl (C=O) groups is 1. The summed E-state index contributed by atoms with van der Waals surface area (Å²) in [6.07, 6.45) is 1.27. The van der Waals surface area contributed by atoms with Gasteiger partial charge in [0.2, 0.25) is 0 Å². The number of nitrogens with zero attached hydrogens (tertiary/aromatic N) is 1. The van der Waals surface area contributed by atoms with Gasteiger partial charge in [0.25, 0.3) is 10.0 Å². The van der Waals surface area contributed by atoms with E-state index in [1.165, 1.54) is 29.7 Å². The van der Waals surface area contributed by atoms with E-state index in [0.29, 0.717) is 15.5 Å². The number of fused-ring (bicyclic) bond motifs is 1. The molecule has 6 nitrogen and oxygen atoms in total. The Labute approximate surface area is 187 Å². The van der Waals surface area contributed by atoms with E-state index in [1.54, 1.807) is 42.5 Å². The number of ether oxygens (including phenoxy) is 1. The van der Waals surface area contributed by atoms with Gasteiger partial charge in [0.15, 0.2) is 0 Å². The van der Waals surface area contributed by atoms with Gasteiger partial charge >= 0.3 is 5.97 Å². The highest BCUT2D eigenvalue weighted by molar-refractivity contribution is 7.89. The molecule has 1 heterocycles. The van der Waals surface area contributed by atoms with Crippen LogP contribution in [0.2, 0.25) is 5.02 Å². The molecule has 0 saturated carbocycles. The molecule has 0 aliphatic carbocycles. The first-order chi connectivity index (χ1) is 15.0. The van der Waals surface area contributed by atoms with Crippen LogP contribution in [0.1, 0.15) is 15.2 Å². The van der Waals surface area contributed by atoms with E-state index < -0.39 is 16.0 Å². The number of hydrogen-bond acceptors (Lipinski definition) is 6. The molecule has 0 aliphatic heterocycles. The Morgan fingerprint density at radius 1 is 0.968 bits per heavy atom. The summed E-state index contributed by atoms with van der Waals surface area (Å²) in [4.78, 5) is 15.2. The third-order valence-electron chi connectivity index (χ3n) is 4.27. The van der Waals surface area contributed by atoms with Crippen molar-refractivity contribution in [2.24, 2.45) is 5.10 Å². The van der Waals surface area contributed by atoms with Crippen molar-refractivity contribution in [3.05, 3.63) is 94.3 Å². The molecular weight excluding hydrogens is 456 g/mol. The van der Waals surface area contributed by atoms with Crippen molar-refractivity contribution in [2.45, 2.75) is 4.90 Å². The molecule has 0 fully saturated rings. The van der Waals surface area contributed by atoms with E-state index in [1.807, 2.05) is 24.3 Å². The minimum absolute atomic E-state index is 0.0891. The number of hydrazone groups is 1. The normalized spacial score (nSPS) is 11.6. The van der Waals surface area contributed by atoms with Crippen molar-refractivity contribution in [3.8, 4) is 5.75 Å². The van der Waals surface area contributed by atoms with Crippen LogP contribution in [-0.4, -0.2) is 20.6 Å². The molecule has 0 bridgehead atoms. The zero-order valence-corrected chi connectivity index (χ0v) is 18.2. The van der Waals surface area contributed by atoms with Crippen LogP contribution in [0.15, 0.2) is 88.9 Å². The lowest BCUT2D eigenvalue weighted by molar-refractivity contribution is 0.0740. The van der Waals surface area contributed by atoms with E-state index in [9.17, 15) is 13.2 Å². The van der Waals surface area contributed by atoms with Crippen LogP contribution >= 0.6 is 22.9 Å². The Morgan fingerprint density at radius 3 is 2.42 bits per heavy atom. The van der Waals surface area contributed by atoms with E-state index in [-0.39, 0.29) is 10.6 Å². The fraction of sp³-hybridized carbons (Fsp3) is 0. The molecule has 0 atom stereocenters. The van der Waals surface area contributed by atoms with Crippen molar-refractivity contribution < 1.29 is 17.9 Å². The maximum Gasteiger partial charge on any atom is 0.355 e. The van der Waals surface area contributed by atoms with Crippen molar-refractivity contribution in [2.75, 3.05) is 0 Å². The summed E-state index contributed by atoms with van der Waals surface area (Å²) in [6, 6.07) is 22.0. The Morgan fingerprint density at radius 2 is 1.65 bits per heavy atom. The fourth-order valence-corrected chi connectivity index (χ4v) is 4.99. The van der Waals surface area contributed by atoms with E-state index in [0.717, 1.165) is 10.1 Å². The van der Waals surface area contributed by atoms with Crippen LogP contribution < -0.4 is 9.57 Å². The van der Waals surface area contributed by atoms with Crippen LogP contribution in [-0.2, 0) is 10.0 Å². The molecule has 9 heteroatoms. The number of sulfonamides is 1. The van der Waals surface area contributed by atoms with Crippen LogP contribution in [0.4, 0.5) is 0 Å². The SMILES string of the molecule is O=C(Oc1ccccc1/C=N\NS(=O)(=O)c1ccccc1)c1sc2ccccc2c1Cl. The molecule has 3 aromatic carbocycles. The third kappa shape index (κ3) is 4.61. The van der Waals surface area contributed by atoms with E-state index >= 15 is 0 Å². The lowest BCUT2D eigenvalue weighted by Crippen LogP contribution is -2.18. The Bertz CT molecular complexity index is 1380. The van der Waals surface area contributed by atoms with Gasteiger partial charge in [0, 0.05) is 15.6 Å². The van der Waals surface area contributed by atoms with Crippen LogP contribution in [0.25, 0.3) is 10.1 Å². The Kier molecular flexibility index (Phi) is 6.03. The van der Waals surface area contributed by atoms with Crippen molar-refractivity contribution >= 4 is 55.2 Å². The summed E-state index contributed by atoms with van der Waals surface area (Å²) < 4.78 is 30.9. The molecular formula is C22H15ClN2O4S2. The number of hydrogen-bond donors (Lipinski definition) is 1. The molecule has 0 unspecified atom stereocenters. The van der Waals surface area contributed by atoms with Gasteiger partial charge in [-0.2, -0.15) is 13.5 Å². The lowest BCUT2D eigenvalue weighted by atomic mass is 10.2. The number of carbonyl (C=O) groups excluding carboxylic acids is 1. The smallest absolute Gasteiger partial charge is 0.355 e. The fourth-order valence-electron chi connectivity index (χ4n) is 2.79. The summed E-state index contributed by atoms with van der Waals surface area (Å²) in [6.45, 7) is 0. The summed E-state index contributed by atoms with van der Waals surface area (Å²) in [7, 11) is -3.80. The van der Waals surface area contributed by atoms with E-state index in [2.05, 4.69) is 9.93 Å².